The molecule has 17 heavy (non-hydrogen) atoms. The van der Waals surface area contributed by atoms with Gasteiger partial charge in [0.2, 0.25) is 0 Å². The molecular weight excluding hydrogens is 208 g/mol. The molecule has 0 N–H and O–H groups in total. The van der Waals surface area contributed by atoms with E-state index >= 15 is 0 Å². The first kappa shape index (κ1) is 13.4. The molecule has 0 aliphatic heterocycles. The van der Waals surface area contributed by atoms with Crippen LogP contribution in [0, 0.1) is 17.8 Å². The van der Waals surface area contributed by atoms with Crippen molar-refractivity contribution in [1.82, 2.24) is 0 Å². The normalized spacial score (nSPS) is 39.2. The Hall–Kier alpha value is -0.0400. The zero-order chi connectivity index (χ0) is 12.1. The molecule has 100 valence electrons. The Kier molecular flexibility index (Phi) is 5.34. The molecule has 2 aliphatic rings. The highest BCUT2D eigenvalue weighted by Gasteiger charge is 2.30. The lowest BCUT2D eigenvalue weighted by Gasteiger charge is -2.37. The number of hydrogen-bond donors (Lipinski definition) is 0. The number of methoxy groups -OCH3 is 1. The Morgan fingerprint density at radius 3 is 1.82 bits per heavy atom. The summed E-state index contributed by atoms with van der Waals surface area (Å²) < 4.78 is 5.48. The highest BCUT2D eigenvalue weighted by Crippen LogP contribution is 2.41. The summed E-state index contributed by atoms with van der Waals surface area (Å²) in [5, 5.41) is 0. The molecule has 0 amide bonds. The lowest BCUT2D eigenvalue weighted by atomic mass is 9.70. The lowest BCUT2D eigenvalue weighted by Crippen LogP contribution is -2.28. The maximum atomic E-state index is 5.48. The van der Waals surface area contributed by atoms with Gasteiger partial charge in [0.15, 0.2) is 0 Å². The van der Waals surface area contributed by atoms with E-state index < -0.39 is 0 Å². The van der Waals surface area contributed by atoms with E-state index in [2.05, 4.69) is 6.92 Å². The summed E-state index contributed by atoms with van der Waals surface area (Å²) in [6, 6.07) is 0. The van der Waals surface area contributed by atoms with Crippen LogP contribution in [-0.2, 0) is 4.74 Å². The molecule has 2 rings (SSSR count). The Balaban J connectivity index is 1.70. The van der Waals surface area contributed by atoms with Crippen molar-refractivity contribution in [2.45, 2.75) is 77.2 Å². The summed E-state index contributed by atoms with van der Waals surface area (Å²) in [6.45, 7) is 2.33. The predicted octanol–water partition coefficient (Wildman–Crippen LogP) is 4.80. The molecule has 0 atom stereocenters. The summed E-state index contributed by atoms with van der Waals surface area (Å²) in [4.78, 5) is 0. The minimum Gasteiger partial charge on any atom is -0.381 e. The zero-order valence-electron chi connectivity index (χ0n) is 11.8. The average molecular weight is 238 g/mol. The molecule has 1 nitrogen and oxygen atoms in total. The topological polar surface area (TPSA) is 9.23 Å². The highest BCUT2D eigenvalue weighted by atomic mass is 16.5. The summed E-state index contributed by atoms with van der Waals surface area (Å²) in [7, 11) is 1.88. The van der Waals surface area contributed by atoms with Gasteiger partial charge >= 0.3 is 0 Å². The van der Waals surface area contributed by atoms with Crippen molar-refractivity contribution in [1.29, 1.82) is 0 Å². The van der Waals surface area contributed by atoms with E-state index in [1.165, 1.54) is 64.2 Å². The first-order valence-electron chi connectivity index (χ1n) is 7.86. The molecule has 1 heteroatoms. The van der Waals surface area contributed by atoms with Gasteiger partial charge in [0, 0.05) is 7.11 Å². The molecule has 0 bridgehead atoms. The number of hydrogen-bond acceptors (Lipinski definition) is 1. The van der Waals surface area contributed by atoms with E-state index in [4.69, 9.17) is 4.74 Å². The van der Waals surface area contributed by atoms with Crippen LogP contribution >= 0.6 is 0 Å². The molecule has 2 saturated carbocycles. The summed E-state index contributed by atoms with van der Waals surface area (Å²) in [5.41, 5.74) is 0. The third-order valence-electron chi connectivity index (χ3n) is 5.31. The van der Waals surface area contributed by atoms with Crippen LogP contribution in [-0.4, -0.2) is 13.2 Å². The Morgan fingerprint density at radius 2 is 1.35 bits per heavy atom. The van der Waals surface area contributed by atoms with Crippen LogP contribution in [0.5, 0.6) is 0 Å². The van der Waals surface area contributed by atoms with Crippen LogP contribution in [0.1, 0.15) is 71.1 Å². The third-order valence-corrected chi connectivity index (χ3v) is 5.31. The molecule has 0 saturated heterocycles. The maximum absolute atomic E-state index is 5.48. The minimum atomic E-state index is 0.572. The molecule has 2 fully saturated rings. The summed E-state index contributed by atoms with van der Waals surface area (Å²) in [5.74, 6) is 3.15. The third kappa shape index (κ3) is 3.71. The zero-order valence-corrected chi connectivity index (χ0v) is 11.8. The molecule has 0 aromatic rings. The minimum absolute atomic E-state index is 0.572. The maximum Gasteiger partial charge on any atom is 0.0571 e. The molecule has 0 aromatic heterocycles. The molecule has 0 aromatic carbocycles. The van der Waals surface area contributed by atoms with Gasteiger partial charge in [-0.05, 0) is 56.3 Å². The van der Waals surface area contributed by atoms with Gasteiger partial charge in [-0.25, -0.2) is 0 Å². The van der Waals surface area contributed by atoms with Crippen molar-refractivity contribution in [2.75, 3.05) is 7.11 Å². The summed E-state index contributed by atoms with van der Waals surface area (Å²) in [6.07, 6.45) is 15.0. The van der Waals surface area contributed by atoms with Crippen molar-refractivity contribution < 1.29 is 4.74 Å². The average Bonchev–Trinajstić information content (AvgIpc) is 2.40. The van der Waals surface area contributed by atoms with Crippen LogP contribution < -0.4 is 0 Å². The molecule has 0 spiro atoms. The Morgan fingerprint density at radius 1 is 0.824 bits per heavy atom. The fraction of sp³-hybridized carbons (Fsp3) is 1.00. The van der Waals surface area contributed by atoms with Crippen LogP contribution in [0.4, 0.5) is 0 Å². The molecule has 0 unspecified atom stereocenters. The Labute approximate surface area is 107 Å². The monoisotopic (exact) mass is 238 g/mol. The van der Waals surface area contributed by atoms with Gasteiger partial charge in [0.05, 0.1) is 6.10 Å². The van der Waals surface area contributed by atoms with E-state index in [1.807, 2.05) is 7.11 Å². The first-order chi connectivity index (χ1) is 8.33. The second-order valence-electron chi connectivity index (χ2n) is 6.34. The van der Waals surface area contributed by atoms with E-state index in [0.717, 1.165) is 17.8 Å². The fourth-order valence-electron chi connectivity index (χ4n) is 4.15. The van der Waals surface area contributed by atoms with Crippen molar-refractivity contribution in [3.63, 3.8) is 0 Å². The van der Waals surface area contributed by atoms with Crippen molar-refractivity contribution in [3.8, 4) is 0 Å². The van der Waals surface area contributed by atoms with Crippen LogP contribution in [0.3, 0.4) is 0 Å². The van der Waals surface area contributed by atoms with Gasteiger partial charge in [0.25, 0.3) is 0 Å². The smallest absolute Gasteiger partial charge is 0.0571 e. The molecular formula is C16H30O. The number of rotatable bonds is 4. The predicted molar refractivity (Wildman–Crippen MR) is 73.1 cm³/mol. The standard InChI is InChI=1S/C16H30O/c1-3-4-13-5-7-14(8-6-13)15-9-11-16(17-2)12-10-15/h13-16H,3-12H2,1-2H3/t13?,14?,15-,16-. The quantitative estimate of drug-likeness (QED) is 0.683. The van der Waals surface area contributed by atoms with E-state index in [9.17, 15) is 0 Å². The van der Waals surface area contributed by atoms with Gasteiger partial charge in [-0.1, -0.05) is 32.6 Å². The Bertz CT molecular complexity index is 198. The van der Waals surface area contributed by atoms with Crippen molar-refractivity contribution in [2.24, 2.45) is 17.8 Å². The first-order valence-corrected chi connectivity index (χ1v) is 7.86. The van der Waals surface area contributed by atoms with E-state index in [0.29, 0.717) is 6.10 Å². The van der Waals surface area contributed by atoms with Crippen molar-refractivity contribution in [3.05, 3.63) is 0 Å². The largest absolute Gasteiger partial charge is 0.381 e. The fourth-order valence-corrected chi connectivity index (χ4v) is 4.15. The van der Waals surface area contributed by atoms with E-state index in [-0.39, 0.29) is 0 Å². The van der Waals surface area contributed by atoms with Gasteiger partial charge in [0.1, 0.15) is 0 Å². The van der Waals surface area contributed by atoms with Gasteiger partial charge < -0.3 is 4.74 Å². The molecule has 0 radical (unpaired) electrons. The van der Waals surface area contributed by atoms with Gasteiger partial charge in [-0.2, -0.15) is 0 Å². The number of ether oxygens (including phenoxy) is 1. The van der Waals surface area contributed by atoms with Crippen molar-refractivity contribution >= 4 is 0 Å². The van der Waals surface area contributed by atoms with Gasteiger partial charge in [-0.15, -0.1) is 0 Å². The second kappa shape index (κ2) is 6.78. The summed E-state index contributed by atoms with van der Waals surface area (Å²) >= 11 is 0. The van der Waals surface area contributed by atoms with Gasteiger partial charge in [-0.3, -0.25) is 0 Å². The van der Waals surface area contributed by atoms with E-state index in [1.54, 1.807) is 0 Å². The highest BCUT2D eigenvalue weighted by molar-refractivity contribution is 4.82. The second-order valence-corrected chi connectivity index (χ2v) is 6.34. The molecule has 2 aliphatic carbocycles. The van der Waals surface area contributed by atoms with Crippen LogP contribution in [0.25, 0.3) is 0 Å². The van der Waals surface area contributed by atoms with Crippen LogP contribution in [0.2, 0.25) is 0 Å². The SMILES string of the molecule is CCCC1CCC([C@H]2CC[C@H](OC)CC2)CC1. The lowest BCUT2D eigenvalue weighted by molar-refractivity contribution is 0.0392. The molecule has 0 heterocycles. The van der Waals surface area contributed by atoms with Crippen LogP contribution in [0.15, 0.2) is 0 Å².